The van der Waals surface area contributed by atoms with Gasteiger partial charge in [-0.3, -0.25) is 19.0 Å². The smallest absolute Gasteiger partial charge is 0.262 e. The molecular formula is C24H26N4O5. The van der Waals surface area contributed by atoms with E-state index in [0.29, 0.717) is 47.9 Å². The van der Waals surface area contributed by atoms with Crippen molar-refractivity contribution in [3.05, 3.63) is 62.6 Å². The average molecular weight is 450 g/mol. The minimum absolute atomic E-state index is 0.0125. The first kappa shape index (κ1) is 21.2. The topological polar surface area (TPSA) is 95.7 Å². The average Bonchev–Trinajstić information content (AvgIpc) is 2.81. The summed E-state index contributed by atoms with van der Waals surface area (Å²) in [4.78, 5) is 45.1. The third-order valence-electron chi connectivity index (χ3n) is 6.78. The summed E-state index contributed by atoms with van der Waals surface area (Å²) in [5.41, 5.74) is 1.20. The minimum Gasteiger partial charge on any atom is -0.493 e. The van der Waals surface area contributed by atoms with Crippen LogP contribution in [0.5, 0.6) is 11.5 Å². The van der Waals surface area contributed by atoms with E-state index in [2.05, 4.69) is 4.98 Å². The molecular weight excluding hydrogens is 424 g/mol. The summed E-state index contributed by atoms with van der Waals surface area (Å²) >= 11 is 0. The second kappa shape index (κ2) is 8.06. The molecule has 5 rings (SSSR count). The van der Waals surface area contributed by atoms with Crippen molar-refractivity contribution < 1.29 is 14.3 Å². The highest BCUT2D eigenvalue weighted by Crippen LogP contribution is 2.35. The largest absolute Gasteiger partial charge is 0.493 e. The Morgan fingerprint density at radius 2 is 1.85 bits per heavy atom. The van der Waals surface area contributed by atoms with Crippen LogP contribution in [-0.4, -0.2) is 52.2 Å². The first-order chi connectivity index (χ1) is 15.9. The Morgan fingerprint density at radius 1 is 1.09 bits per heavy atom. The number of benzene rings is 1. The van der Waals surface area contributed by atoms with Crippen LogP contribution in [0.1, 0.15) is 23.9 Å². The fraction of sp³-hybridized carbons (Fsp3) is 0.417. The number of fused-ring (bicyclic) bond motifs is 5. The maximum atomic E-state index is 13.3. The van der Waals surface area contributed by atoms with Crippen LogP contribution in [0.15, 0.2) is 39.9 Å². The SMILES string of the molecule is COc1cc2nc(C)n(CC(=O)N3C[C@@H]4C[C@H](C3)c3cccc(=O)n3C4)c(=O)c2cc1OC. The first-order valence-corrected chi connectivity index (χ1v) is 11.0. The van der Waals surface area contributed by atoms with Gasteiger partial charge in [-0.2, -0.15) is 0 Å². The summed E-state index contributed by atoms with van der Waals surface area (Å²) in [5.74, 6) is 1.61. The highest BCUT2D eigenvalue weighted by molar-refractivity contribution is 5.82. The quantitative estimate of drug-likeness (QED) is 0.598. The lowest BCUT2D eigenvalue weighted by molar-refractivity contribution is -0.134. The summed E-state index contributed by atoms with van der Waals surface area (Å²) < 4.78 is 13.9. The Hall–Kier alpha value is -3.62. The van der Waals surface area contributed by atoms with Crippen LogP contribution in [0.2, 0.25) is 0 Å². The standard InChI is InChI=1S/C24H26N4O5/c1-14-25-18-9-21(33-3)20(32-2)8-17(18)24(31)27(14)13-23(30)26-10-15-7-16(12-26)19-5-4-6-22(29)28(19)11-15/h4-6,8-9,15-16H,7,10-13H2,1-3H3/t15-,16+/m0/s1. The van der Waals surface area contributed by atoms with Crippen LogP contribution < -0.4 is 20.6 Å². The molecule has 172 valence electrons. The molecule has 0 N–H and O–H groups in total. The summed E-state index contributed by atoms with van der Waals surface area (Å²) in [6.45, 7) is 3.38. The Kier molecular flexibility index (Phi) is 5.19. The van der Waals surface area contributed by atoms with Crippen LogP contribution >= 0.6 is 0 Å². The van der Waals surface area contributed by atoms with Gasteiger partial charge in [0, 0.05) is 43.4 Å². The molecule has 1 fully saturated rings. The van der Waals surface area contributed by atoms with E-state index in [0.717, 1.165) is 12.1 Å². The van der Waals surface area contributed by atoms with E-state index >= 15 is 0 Å². The lowest BCUT2D eigenvalue weighted by Crippen LogP contribution is -2.50. The van der Waals surface area contributed by atoms with Gasteiger partial charge in [0.05, 0.1) is 25.1 Å². The van der Waals surface area contributed by atoms with Gasteiger partial charge in [-0.1, -0.05) is 6.07 Å². The van der Waals surface area contributed by atoms with Crippen molar-refractivity contribution in [2.24, 2.45) is 5.92 Å². The van der Waals surface area contributed by atoms with E-state index in [1.807, 2.05) is 15.5 Å². The van der Waals surface area contributed by atoms with E-state index in [4.69, 9.17) is 9.47 Å². The molecule has 2 aliphatic rings. The Bertz CT molecular complexity index is 1380. The molecule has 1 amide bonds. The van der Waals surface area contributed by atoms with Crippen molar-refractivity contribution in [2.45, 2.75) is 32.4 Å². The zero-order chi connectivity index (χ0) is 23.3. The van der Waals surface area contributed by atoms with Gasteiger partial charge in [0.15, 0.2) is 11.5 Å². The number of methoxy groups -OCH3 is 2. The number of ether oxygens (including phenoxy) is 2. The number of piperidine rings is 1. The van der Waals surface area contributed by atoms with Crippen molar-refractivity contribution in [1.82, 2.24) is 19.0 Å². The third-order valence-corrected chi connectivity index (χ3v) is 6.78. The van der Waals surface area contributed by atoms with Gasteiger partial charge in [0.2, 0.25) is 5.91 Å². The van der Waals surface area contributed by atoms with Gasteiger partial charge in [0.25, 0.3) is 11.1 Å². The molecule has 0 aliphatic carbocycles. The fourth-order valence-electron chi connectivity index (χ4n) is 5.18. The number of hydrogen-bond acceptors (Lipinski definition) is 6. The number of carbonyl (C=O) groups excluding carboxylic acids is 1. The summed E-state index contributed by atoms with van der Waals surface area (Å²) in [7, 11) is 3.03. The number of aryl methyl sites for hydroxylation is 1. The van der Waals surface area contributed by atoms with Crippen molar-refractivity contribution >= 4 is 16.8 Å². The van der Waals surface area contributed by atoms with Crippen molar-refractivity contribution in [1.29, 1.82) is 0 Å². The minimum atomic E-state index is -0.291. The fourth-order valence-corrected chi connectivity index (χ4v) is 5.18. The number of likely N-dealkylation sites (tertiary alicyclic amines) is 1. The van der Waals surface area contributed by atoms with Crippen LogP contribution in [0.3, 0.4) is 0 Å². The lowest BCUT2D eigenvalue weighted by Gasteiger charge is -2.42. The van der Waals surface area contributed by atoms with Gasteiger partial charge in [-0.05, 0) is 31.4 Å². The summed E-state index contributed by atoms with van der Waals surface area (Å²) in [5, 5.41) is 0.370. The number of pyridine rings is 1. The summed E-state index contributed by atoms with van der Waals surface area (Å²) in [6.07, 6.45) is 0.964. The molecule has 0 spiro atoms. The lowest BCUT2D eigenvalue weighted by atomic mass is 9.83. The molecule has 2 aliphatic heterocycles. The molecule has 0 saturated carbocycles. The normalized spacial score (nSPS) is 19.3. The number of rotatable bonds is 4. The van der Waals surface area contributed by atoms with E-state index in [-0.39, 0.29) is 35.4 Å². The number of nitrogens with zero attached hydrogens (tertiary/aromatic N) is 4. The molecule has 1 aromatic carbocycles. The van der Waals surface area contributed by atoms with Gasteiger partial charge in [0.1, 0.15) is 12.4 Å². The third kappa shape index (κ3) is 3.57. The molecule has 9 heteroatoms. The Balaban J connectivity index is 1.44. The highest BCUT2D eigenvalue weighted by Gasteiger charge is 2.36. The molecule has 3 aromatic rings. The van der Waals surface area contributed by atoms with E-state index < -0.39 is 0 Å². The van der Waals surface area contributed by atoms with Crippen LogP contribution in [0, 0.1) is 12.8 Å². The monoisotopic (exact) mass is 450 g/mol. The predicted molar refractivity (Wildman–Crippen MR) is 122 cm³/mol. The zero-order valence-corrected chi connectivity index (χ0v) is 18.9. The van der Waals surface area contributed by atoms with Crippen molar-refractivity contribution in [2.75, 3.05) is 27.3 Å². The molecule has 2 aromatic heterocycles. The maximum Gasteiger partial charge on any atom is 0.262 e. The molecule has 1 saturated heterocycles. The van der Waals surface area contributed by atoms with Crippen molar-refractivity contribution in [3.8, 4) is 11.5 Å². The number of hydrogen-bond donors (Lipinski definition) is 0. The molecule has 2 atom stereocenters. The van der Waals surface area contributed by atoms with Gasteiger partial charge in [-0.25, -0.2) is 4.98 Å². The maximum absolute atomic E-state index is 13.3. The second-order valence-electron chi connectivity index (χ2n) is 8.77. The summed E-state index contributed by atoms with van der Waals surface area (Å²) in [6, 6.07) is 8.60. The number of aromatic nitrogens is 3. The highest BCUT2D eigenvalue weighted by atomic mass is 16.5. The number of carbonyl (C=O) groups is 1. The van der Waals surface area contributed by atoms with Gasteiger partial charge >= 0.3 is 0 Å². The van der Waals surface area contributed by atoms with E-state index in [9.17, 15) is 14.4 Å². The predicted octanol–water partition coefficient (Wildman–Crippen LogP) is 1.53. The van der Waals surface area contributed by atoms with Crippen LogP contribution in [0.4, 0.5) is 0 Å². The Morgan fingerprint density at radius 3 is 2.61 bits per heavy atom. The molecule has 4 heterocycles. The van der Waals surface area contributed by atoms with Gasteiger partial charge < -0.3 is 18.9 Å². The van der Waals surface area contributed by atoms with E-state index in [1.165, 1.54) is 18.8 Å². The first-order valence-electron chi connectivity index (χ1n) is 11.0. The second-order valence-corrected chi connectivity index (χ2v) is 8.77. The molecule has 33 heavy (non-hydrogen) atoms. The molecule has 0 radical (unpaired) electrons. The zero-order valence-electron chi connectivity index (χ0n) is 18.9. The Labute approximate surface area is 190 Å². The molecule has 0 unspecified atom stereocenters. The molecule has 2 bridgehead atoms. The van der Waals surface area contributed by atoms with Crippen molar-refractivity contribution in [3.63, 3.8) is 0 Å². The van der Waals surface area contributed by atoms with Crippen LogP contribution in [-0.2, 0) is 17.9 Å². The number of amides is 1. The van der Waals surface area contributed by atoms with E-state index in [1.54, 1.807) is 31.2 Å². The molecule has 9 nitrogen and oxygen atoms in total. The van der Waals surface area contributed by atoms with Crippen LogP contribution in [0.25, 0.3) is 10.9 Å². The van der Waals surface area contributed by atoms with Gasteiger partial charge in [-0.15, -0.1) is 0 Å².